The topological polar surface area (TPSA) is 26.3 Å². The van der Waals surface area contributed by atoms with Gasteiger partial charge in [0.05, 0.1) is 0 Å². The van der Waals surface area contributed by atoms with Crippen molar-refractivity contribution in [1.29, 1.82) is 0 Å². The molecule has 1 saturated heterocycles. The number of carbonyl (C=O) groups excluding carboxylic acids is 1. The first-order valence-electron chi connectivity index (χ1n) is 5.10. The number of benzene rings is 1. The van der Waals surface area contributed by atoms with Crippen molar-refractivity contribution < 1.29 is 9.53 Å². The van der Waals surface area contributed by atoms with Crippen LogP contribution in [-0.2, 0) is 15.1 Å². The highest BCUT2D eigenvalue weighted by Gasteiger charge is 2.37. The average Bonchev–Trinajstić information content (AvgIpc) is 2.30. The average molecular weight is 316 g/mol. The van der Waals surface area contributed by atoms with E-state index in [4.69, 9.17) is 4.74 Å². The van der Waals surface area contributed by atoms with Gasteiger partial charge in [-0.15, -0.1) is 0 Å². The van der Waals surface area contributed by atoms with Gasteiger partial charge in [0, 0.05) is 10.8 Å². The molecule has 15 heavy (non-hydrogen) atoms. The van der Waals surface area contributed by atoms with Crippen molar-refractivity contribution in [1.82, 2.24) is 0 Å². The molecule has 0 spiro atoms. The Hall–Kier alpha value is -0.580. The normalized spacial score (nSPS) is 26.1. The standard InChI is InChI=1S/C12H13IO2/c13-9-12(8-4-7-11(14)15-12)10-5-2-1-3-6-10/h1-3,5-6H,4,7-9H2/t12-/m0/s1. The summed E-state index contributed by atoms with van der Waals surface area (Å²) in [6, 6.07) is 10.0. The Bertz CT molecular complexity index is 350. The minimum absolute atomic E-state index is 0.0678. The molecule has 0 N–H and O–H groups in total. The Morgan fingerprint density at radius 2 is 2.07 bits per heavy atom. The van der Waals surface area contributed by atoms with Crippen molar-refractivity contribution in [3.8, 4) is 0 Å². The van der Waals surface area contributed by atoms with Crippen molar-refractivity contribution in [2.75, 3.05) is 4.43 Å². The molecule has 1 fully saturated rings. The Kier molecular flexibility index (Phi) is 3.29. The van der Waals surface area contributed by atoms with Crippen LogP contribution in [-0.4, -0.2) is 10.4 Å². The zero-order valence-electron chi connectivity index (χ0n) is 8.41. The van der Waals surface area contributed by atoms with E-state index in [0.717, 1.165) is 22.8 Å². The number of hydrogen-bond acceptors (Lipinski definition) is 2. The smallest absolute Gasteiger partial charge is 0.306 e. The number of alkyl halides is 1. The summed E-state index contributed by atoms with van der Waals surface area (Å²) in [5.41, 5.74) is 0.740. The zero-order valence-corrected chi connectivity index (χ0v) is 10.6. The van der Waals surface area contributed by atoms with Crippen LogP contribution in [0.15, 0.2) is 30.3 Å². The molecule has 0 amide bonds. The summed E-state index contributed by atoms with van der Waals surface area (Å²) in [6.07, 6.45) is 2.42. The Labute approximate surface area is 103 Å². The number of esters is 1. The van der Waals surface area contributed by atoms with Gasteiger partial charge in [0.1, 0.15) is 5.60 Å². The zero-order chi connectivity index (χ0) is 10.7. The molecular weight excluding hydrogens is 303 g/mol. The van der Waals surface area contributed by atoms with Crippen LogP contribution < -0.4 is 0 Å². The van der Waals surface area contributed by atoms with E-state index in [1.807, 2.05) is 30.3 Å². The van der Waals surface area contributed by atoms with Gasteiger partial charge in [-0.1, -0.05) is 52.9 Å². The Morgan fingerprint density at radius 1 is 1.33 bits per heavy atom. The van der Waals surface area contributed by atoms with Crippen LogP contribution in [0.2, 0.25) is 0 Å². The Balaban J connectivity index is 2.32. The summed E-state index contributed by atoms with van der Waals surface area (Å²) < 4.78 is 6.38. The van der Waals surface area contributed by atoms with E-state index in [1.165, 1.54) is 0 Å². The van der Waals surface area contributed by atoms with E-state index >= 15 is 0 Å². The molecule has 1 heterocycles. The van der Waals surface area contributed by atoms with Gasteiger partial charge in [-0.3, -0.25) is 4.79 Å². The second-order valence-corrected chi connectivity index (χ2v) is 4.58. The lowest BCUT2D eigenvalue weighted by atomic mass is 9.88. The summed E-state index contributed by atoms with van der Waals surface area (Å²) >= 11 is 2.30. The fourth-order valence-electron chi connectivity index (χ4n) is 1.95. The molecule has 3 heteroatoms. The maximum atomic E-state index is 11.4. The molecule has 0 bridgehead atoms. The first kappa shape index (κ1) is 10.9. The highest BCUT2D eigenvalue weighted by Crippen LogP contribution is 2.37. The lowest BCUT2D eigenvalue weighted by Gasteiger charge is -2.35. The Morgan fingerprint density at radius 3 is 2.67 bits per heavy atom. The van der Waals surface area contributed by atoms with Gasteiger partial charge in [-0.05, 0) is 18.4 Å². The van der Waals surface area contributed by atoms with Crippen LogP contribution in [0.1, 0.15) is 24.8 Å². The molecule has 0 saturated carbocycles. The summed E-state index contributed by atoms with van der Waals surface area (Å²) in [4.78, 5) is 11.4. The SMILES string of the molecule is O=C1CCC[C@](CI)(c2ccccc2)O1. The first-order valence-corrected chi connectivity index (χ1v) is 6.63. The summed E-state index contributed by atoms with van der Waals surface area (Å²) in [7, 11) is 0. The molecular formula is C12H13IO2. The van der Waals surface area contributed by atoms with Crippen LogP contribution in [0.3, 0.4) is 0 Å². The second kappa shape index (κ2) is 4.51. The highest BCUT2D eigenvalue weighted by atomic mass is 127. The molecule has 2 nitrogen and oxygen atoms in total. The first-order chi connectivity index (χ1) is 7.27. The summed E-state index contributed by atoms with van der Waals surface area (Å²) in [5.74, 6) is -0.0678. The monoisotopic (exact) mass is 316 g/mol. The van der Waals surface area contributed by atoms with Crippen LogP contribution >= 0.6 is 22.6 Å². The number of ether oxygens (including phenoxy) is 1. The van der Waals surface area contributed by atoms with Gasteiger partial charge in [0.2, 0.25) is 0 Å². The van der Waals surface area contributed by atoms with Gasteiger partial charge in [0.25, 0.3) is 0 Å². The van der Waals surface area contributed by atoms with Crippen molar-refractivity contribution in [3.63, 3.8) is 0 Å². The quantitative estimate of drug-likeness (QED) is 0.476. The van der Waals surface area contributed by atoms with Gasteiger partial charge in [0.15, 0.2) is 0 Å². The lowest BCUT2D eigenvalue weighted by Crippen LogP contribution is -2.37. The van der Waals surface area contributed by atoms with Crippen LogP contribution in [0.25, 0.3) is 0 Å². The molecule has 1 atom stereocenters. The van der Waals surface area contributed by atoms with E-state index in [1.54, 1.807) is 0 Å². The van der Waals surface area contributed by atoms with E-state index in [0.29, 0.717) is 6.42 Å². The van der Waals surface area contributed by atoms with Crippen molar-refractivity contribution in [3.05, 3.63) is 35.9 Å². The van der Waals surface area contributed by atoms with Crippen molar-refractivity contribution >= 4 is 28.6 Å². The predicted molar refractivity (Wildman–Crippen MR) is 67.0 cm³/mol. The molecule has 1 aromatic carbocycles. The third-order valence-electron chi connectivity index (χ3n) is 2.79. The third kappa shape index (κ3) is 2.17. The van der Waals surface area contributed by atoms with Gasteiger partial charge in [-0.2, -0.15) is 0 Å². The van der Waals surface area contributed by atoms with E-state index in [2.05, 4.69) is 22.6 Å². The minimum atomic E-state index is -0.378. The van der Waals surface area contributed by atoms with E-state index in [9.17, 15) is 4.79 Å². The lowest BCUT2D eigenvalue weighted by molar-refractivity contribution is -0.165. The third-order valence-corrected chi connectivity index (χ3v) is 4.02. The van der Waals surface area contributed by atoms with Gasteiger partial charge < -0.3 is 4.74 Å². The minimum Gasteiger partial charge on any atom is -0.453 e. The fraction of sp³-hybridized carbons (Fsp3) is 0.417. The number of hydrogen-bond donors (Lipinski definition) is 0. The van der Waals surface area contributed by atoms with E-state index in [-0.39, 0.29) is 11.6 Å². The number of carbonyl (C=O) groups is 1. The van der Waals surface area contributed by atoms with Crippen LogP contribution in [0.5, 0.6) is 0 Å². The number of halogens is 1. The van der Waals surface area contributed by atoms with Crippen LogP contribution in [0.4, 0.5) is 0 Å². The maximum absolute atomic E-state index is 11.4. The van der Waals surface area contributed by atoms with Crippen LogP contribution in [0, 0.1) is 0 Å². The van der Waals surface area contributed by atoms with Crippen molar-refractivity contribution in [2.45, 2.75) is 24.9 Å². The molecule has 0 aromatic heterocycles. The number of rotatable bonds is 2. The summed E-state index contributed by atoms with van der Waals surface area (Å²) in [6.45, 7) is 0. The highest BCUT2D eigenvalue weighted by molar-refractivity contribution is 14.1. The molecule has 0 radical (unpaired) electrons. The van der Waals surface area contributed by atoms with E-state index < -0.39 is 0 Å². The molecule has 0 unspecified atom stereocenters. The number of cyclic esters (lactones) is 1. The maximum Gasteiger partial charge on any atom is 0.306 e. The largest absolute Gasteiger partial charge is 0.453 e. The fourth-order valence-corrected chi connectivity index (χ4v) is 2.93. The van der Waals surface area contributed by atoms with Crippen molar-refractivity contribution in [2.24, 2.45) is 0 Å². The molecule has 1 aliphatic heterocycles. The molecule has 2 rings (SSSR count). The van der Waals surface area contributed by atoms with Gasteiger partial charge >= 0.3 is 5.97 Å². The molecule has 0 aliphatic carbocycles. The predicted octanol–water partition coefficient (Wildman–Crippen LogP) is 3.04. The summed E-state index contributed by atoms with van der Waals surface area (Å²) in [5, 5.41) is 0. The molecule has 1 aliphatic rings. The van der Waals surface area contributed by atoms with Gasteiger partial charge in [-0.25, -0.2) is 0 Å². The second-order valence-electron chi connectivity index (χ2n) is 3.82. The molecule has 80 valence electrons. The molecule has 1 aromatic rings.